The number of alkyl halides is 1. The average molecular weight is 385 g/mol. The van der Waals surface area contributed by atoms with Gasteiger partial charge < -0.3 is 0 Å². The maximum absolute atomic E-state index is 7.50. The van der Waals surface area contributed by atoms with Crippen molar-refractivity contribution in [2.75, 3.05) is 12.4 Å². The Labute approximate surface area is 135 Å². The Balaban J connectivity index is -0.0000000412. The van der Waals surface area contributed by atoms with Gasteiger partial charge in [0.25, 0.3) is 0 Å². The van der Waals surface area contributed by atoms with Gasteiger partial charge in [0, 0.05) is 0 Å². The summed E-state index contributed by atoms with van der Waals surface area (Å²) in [7, 11) is 1.70. The Bertz CT molecular complexity index is 222. The first-order valence-electron chi connectivity index (χ1n) is 4.46. The molecule has 0 saturated carbocycles. The van der Waals surface area contributed by atoms with Gasteiger partial charge in [0.2, 0.25) is 0 Å². The Morgan fingerprint density at radius 1 is 0.850 bits per heavy atom. The zero-order valence-corrected chi connectivity index (χ0v) is 13.6. The summed E-state index contributed by atoms with van der Waals surface area (Å²) in [5.74, 6) is 0. The summed E-state index contributed by atoms with van der Waals surface area (Å²) in [5, 5.41) is 1.11. The summed E-state index contributed by atoms with van der Waals surface area (Å²) in [6.07, 6.45) is 4.82. The average Bonchev–Trinajstić information content (AvgIpc) is 2.60. The molecule has 110 valence electrons. The molecule has 0 aromatic rings. The van der Waals surface area contributed by atoms with Crippen molar-refractivity contribution in [3.05, 3.63) is 33.3 Å². The van der Waals surface area contributed by atoms with E-state index in [-0.39, 0.29) is 0 Å². The normalized spacial score (nSPS) is 5.40. The van der Waals surface area contributed by atoms with E-state index in [1.807, 2.05) is 0 Å². The molecule has 0 spiro atoms. The molecule has 0 bridgehead atoms. The first-order valence-corrected chi connectivity index (χ1v) is 6.22. The minimum absolute atomic E-state index is 1.02. The van der Waals surface area contributed by atoms with Crippen molar-refractivity contribution >= 4 is 20.5 Å². The van der Waals surface area contributed by atoms with Crippen molar-refractivity contribution in [2.45, 2.75) is 25.7 Å². The molecule has 0 atom stereocenters. The zero-order valence-electron chi connectivity index (χ0n) is 10.8. The van der Waals surface area contributed by atoms with Crippen molar-refractivity contribution in [3.63, 3.8) is 0 Å². The second kappa shape index (κ2) is 78.2. The third-order valence-corrected chi connectivity index (χ3v) is 2.38. The number of hydrogen-bond donors (Lipinski definition) is 0. The SMILES string of the molecule is CO[C](=[Cr])CCCCCBr.[C-]#[O+].[C-]#[O+].[C-]#[O+].[C-]#[O+].[C-]#[O+]. The van der Waals surface area contributed by atoms with Crippen LogP contribution in [0.3, 0.4) is 0 Å². The molecule has 8 heteroatoms. The van der Waals surface area contributed by atoms with E-state index in [4.69, 9.17) is 28.0 Å². The van der Waals surface area contributed by atoms with Gasteiger partial charge in [-0.05, 0) is 0 Å². The molecule has 0 aliphatic rings. The Morgan fingerprint density at radius 3 is 1.45 bits per heavy atom. The molecule has 6 nitrogen and oxygen atoms in total. The third kappa shape index (κ3) is 84.4. The predicted molar refractivity (Wildman–Crippen MR) is 63.9 cm³/mol. The van der Waals surface area contributed by atoms with E-state index in [0.29, 0.717) is 0 Å². The molecular formula is C12H13BrCrO6. The molecule has 0 N–H and O–H groups in total. The molecule has 0 aromatic carbocycles. The van der Waals surface area contributed by atoms with Crippen LogP contribution in [0.15, 0.2) is 0 Å². The van der Waals surface area contributed by atoms with Crippen LogP contribution in [0.4, 0.5) is 0 Å². The molecule has 0 unspecified atom stereocenters. The minimum atomic E-state index is 1.02. The quantitative estimate of drug-likeness (QED) is 0.297. The molecule has 20 heavy (non-hydrogen) atoms. The Hall–Kier alpha value is -0.458. The number of methoxy groups -OCH3 is 1. The molecule has 0 aliphatic carbocycles. The summed E-state index contributed by atoms with van der Waals surface area (Å²) >= 11 is 6.27. The van der Waals surface area contributed by atoms with Crippen molar-refractivity contribution in [1.29, 1.82) is 0 Å². The van der Waals surface area contributed by atoms with Crippen LogP contribution in [0, 0.1) is 33.3 Å². The standard InChI is InChI=1S/C7H13BrO.5CO.Cr/c1-9-7-5-3-2-4-6-8;5*1-2;/h2-6H2,1H3;;;;;;. The van der Waals surface area contributed by atoms with Gasteiger partial charge in [0.05, 0.1) is 0 Å². The van der Waals surface area contributed by atoms with Crippen LogP contribution in [0.5, 0.6) is 0 Å². The van der Waals surface area contributed by atoms with E-state index < -0.39 is 0 Å². The van der Waals surface area contributed by atoms with E-state index in [1.54, 1.807) is 7.11 Å². The second-order valence-corrected chi connectivity index (χ2v) is 3.58. The second-order valence-electron chi connectivity index (χ2n) is 2.08. The molecule has 0 rings (SSSR count). The van der Waals surface area contributed by atoms with Gasteiger partial charge in [-0.3, -0.25) is 0 Å². The van der Waals surface area contributed by atoms with Gasteiger partial charge in [0.1, 0.15) is 0 Å². The van der Waals surface area contributed by atoms with Gasteiger partial charge in [-0.25, -0.2) is 0 Å². The van der Waals surface area contributed by atoms with Crippen molar-refractivity contribution < 1.29 is 43.8 Å². The van der Waals surface area contributed by atoms with E-state index in [9.17, 15) is 0 Å². The predicted octanol–water partition coefficient (Wildman–Crippen LogP) is 2.08. The summed E-state index contributed by atoms with van der Waals surface area (Å²) in [4.78, 5) is 0. The van der Waals surface area contributed by atoms with E-state index in [1.165, 1.54) is 19.3 Å². The van der Waals surface area contributed by atoms with Crippen molar-refractivity contribution in [2.24, 2.45) is 0 Å². The molecule has 0 radical (unpaired) electrons. The van der Waals surface area contributed by atoms with E-state index >= 15 is 0 Å². The van der Waals surface area contributed by atoms with Crippen LogP contribution in [-0.4, -0.2) is 17.0 Å². The van der Waals surface area contributed by atoms with Gasteiger partial charge >= 0.3 is 136 Å². The van der Waals surface area contributed by atoms with Crippen molar-refractivity contribution in [1.82, 2.24) is 0 Å². The van der Waals surface area contributed by atoms with Crippen LogP contribution in [0.25, 0.3) is 0 Å². The fourth-order valence-electron chi connectivity index (χ4n) is 0.643. The van der Waals surface area contributed by atoms with Crippen LogP contribution < -0.4 is 0 Å². The van der Waals surface area contributed by atoms with Crippen LogP contribution in [-0.2, 0) is 43.8 Å². The third-order valence-electron chi connectivity index (χ3n) is 1.24. The number of ether oxygens (including phenoxy) is 1. The van der Waals surface area contributed by atoms with Crippen molar-refractivity contribution in [3.8, 4) is 0 Å². The number of halogens is 1. The number of unbranched alkanes of at least 4 members (excludes halogenated alkanes) is 2. The monoisotopic (exact) mass is 384 g/mol. The summed E-state index contributed by atoms with van der Waals surface area (Å²) in [6, 6.07) is 0. The maximum atomic E-state index is 7.50. The van der Waals surface area contributed by atoms with Crippen LogP contribution in [0.1, 0.15) is 25.7 Å². The van der Waals surface area contributed by atoms with E-state index in [0.717, 1.165) is 16.3 Å². The Kier molecular flexibility index (Phi) is 143. The molecule has 0 saturated heterocycles. The molecule has 0 aromatic heterocycles. The fourth-order valence-corrected chi connectivity index (χ4v) is 1.26. The summed E-state index contributed by atoms with van der Waals surface area (Å²) < 4.78 is 43.5. The number of hydrogen-bond acceptors (Lipinski definition) is 1. The van der Waals surface area contributed by atoms with E-state index in [2.05, 4.69) is 65.0 Å². The fraction of sp³-hybridized carbons (Fsp3) is 0.500. The topological polar surface area (TPSA) is 109 Å². The molecule has 0 heterocycles. The van der Waals surface area contributed by atoms with Gasteiger partial charge in [-0.1, -0.05) is 0 Å². The van der Waals surface area contributed by atoms with Gasteiger partial charge in [-0.2, -0.15) is 0 Å². The molecular weight excluding hydrogens is 372 g/mol. The molecule has 0 aliphatic heterocycles. The van der Waals surface area contributed by atoms with Gasteiger partial charge in [-0.15, -0.1) is 0 Å². The molecule has 0 amide bonds. The number of rotatable bonds is 6. The van der Waals surface area contributed by atoms with Gasteiger partial charge in [0.15, 0.2) is 0 Å². The molecule has 0 fully saturated rings. The Morgan fingerprint density at radius 2 is 1.20 bits per heavy atom. The van der Waals surface area contributed by atoms with Crippen LogP contribution in [0.2, 0.25) is 0 Å². The van der Waals surface area contributed by atoms with Crippen LogP contribution >= 0.6 is 15.9 Å². The first-order chi connectivity index (χ1) is 9.81. The summed E-state index contributed by atoms with van der Waals surface area (Å²) in [6.45, 7) is 22.5. The summed E-state index contributed by atoms with van der Waals surface area (Å²) in [5.41, 5.74) is 0. The first kappa shape index (κ1) is 36.6. The zero-order chi connectivity index (χ0) is 17.8.